The van der Waals surface area contributed by atoms with Gasteiger partial charge in [0.2, 0.25) is 10.0 Å². The normalized spacial score (nSPS) is 15.6. The Balaban J connectivity index is 1.65. The van der Waals surface area contributed by atoms with E-state index < -0.39 is 21.3 Å². The maximum Gasteiger partial charge on any atom is 0.330 e. The van der Waals surface area contributed by atoms with E-state index in [4.69, 9.17) is 0 Å². The van der Waals surface area contributed by atoms with Crippen molar-refractivity contribution in [2.24, 2.45) is 14.1 Å². The summed E-state index contributed by atoms with van der Waals surface area (Å²) in [7, 11) is -0.807. The Morgan fingerprint density at radius 3 is 2.20 bits per heavy atom. The molecule has 9 heteroatoms. The number of rotatable bonds is 3. The van der Waals surface area contributed by atoms with Crippen LogP contribution >= 0.6 is 0 Å². The van der Waals surface area contributed by atoms with Crippen molar-refractivity contribution < 1.29 is 8.42 Å². The van der Waals surface area contributed by atoms with Crippen LogP contribution in [0.5, 0.6) is 0 Å². The van der Waals surface area contributed by atoms with E-state index in [1.807, 2.05) is 31.2 Å². The minimum atomic E-state index is -3.75. The lowest BCUT2D eigenvalue weighted by Gasteiger charge is -2.36. The number of sulfonamides is 1. The predicted octanol–water partition coefficient (Wildman–Crippen LogP) is 1.06. The van der Waals surface area contributed by atoms with E-state index in [1.54, 1.807) is 7.05 Å². The molecule has 0 aliphatic carbocycles. The largest absolute Gasteiger partial charge is 0.369 e. The first-order chi connectivity index (χ1) is 14.2. The second-order valence-corrected chi connectivity index (χ2v) is 9.50. The zero-order chi connectivity index (χ0) is 21.6. The van der Waals surface area contributed by atoms with Crippen molar-refractivity contribution in [3.05, 3.63) is 68.9 Å². The summed E-state index contributed by atoms with van der Waals surface area (Å²) in [4.78, 5) is 26.9. The highest BCUT2D eigenvalue weighted by Gasteiger charge is 2.29. The van der Waals surface area contributed by atoms with Crippen molar-refractivity contribution in [3.63, 3.8) is 0 Å². The summed E-state index contributed by atoms with van der Waals surface area (Å²) in [5, 5.41) is 0.208. The maximum atomic E-state index is 13.2. The quantitative estimate of drug-likeness (QED) is 0.623. The molecule has 1 aromatic heterocycles. The summed E-state index contributed by atoms with van der Waals surface area (Å²) in [6.45, 7) is 3.95. The van der Waals surface area contributed by atoms with E-state index in [0.717, 1.165) is 15.8 Å². The molecule has 0 bridgehead atoms. The molecule has 0 radical (unpaired) electrons. The van der Waals surface area contributed by atoms with E-state index in [1.165, 1.54) is 34.1 Å². The molecule has 3 aromatic rings. The molecule has 0 N–H and O–H groups in total. The second-order valence-electron chi connectivity index (χ2n) is 7.56. The summed E-state index contributed by atoms with van der Waals surface area (Å²) in [5.74, 6) is 0. The van der Waals surface area contributed by atoms with Crippen molar-refractivity contribution in [1.82, 2.24) is 13.4 Å². The molecule has 0 spiro atoms. The fourth-order valence-electron chi connectivity index (χ4n) is 3.97. The summed E-state index contributed by atoms with van der Waals surface area (Å²) in [6.07, 6.45) is 0. The van der Waals surface area contributed by atoms with Gasteiger partial charge in [-0.15, -0.1) is 0 Å². The molecule has 1 saturated heterocycles. The maximum absolute atomic E-state index is 13.2. The van der Waals surface area contributed by atoms with Crippen LogP contribution in [-0.2, 0) is 24.1 Å². The van der Waals surface area contributed by atoms with Gasteiger partial charge < -0.3 is 4.90 Å². The van der Waals surface area contributed by atoms with Crippen LogP contribution in [0, 0.1) is 6.92 Å². The zero-order valence-electron chi connectivity index (χ0n) is 17.2. The Morgan fingerprint density at radius 1 is 0.867 bits per heavy atom. The first kappa shape index (κ1) is 20.4. The molecular weight excluding hydrogens is 404 g/mol. The van der Waals surface area contributed by atoms with E-state index in [-0.39, 0.29) is 10.3 Å². The molecule has 4 rings (SSSR count). The first-order valence-corrected chi connectivity index (χ1v) is 11.2. The van der Waals surface area contributed by atoms with Gasteiger partial charge in [-0.05, 0) is 36.8 Å². The molecule has 0 amide bonds. The highest BCUT2D eigenvalue weighted by Crippen LogP contribution is 2.24. The van der Waals surface area contributed by atoms with Crippen LogP contribution < -0.4 is 16.1 Å². The summed E-state index contributed by atoms with van der Waals surface area (Å²) >= 11 is 0. The minimum Gasteiger partial charge on any atom is -0.369 e. The molecule has 2 aromatic carbocycles. The van der Waals surface area contributed by atoms with Gasteiger partial charge in [0.05, 0.1) is 15.8 Å². The van der Waals surface area contributed by atoms with Crippen molar-refractivity contribution >= 4 is 26.6 Å². The van der Waals surface area contributed by atoms with Crippen LogP contribution in [0.1, 0.15) is 5.56 Å². The van der Waals surface area contributed by atoms with Gasteiger partial charge in [0, 0.05) is 46.0 Å². The van der Waals surface area contributed by atoms with Gasteiger partial charge in [-0.25, -0.2) is 13.2 Å². The monoisotopic (exact) mass is 428 g/mol. The number of anilines is 1. The van der Waals surface area contributed by atoms with Crippen LogP contribution in [0.15, 0.2) is 56.9 Å². The van der Waals surface area contributed by atoms with E-state index in [9.17, 15) is 18.0 Å². The summed E-state index contributed by atoms with van der Waals surface area (Å²) in [5.41, 5.74) is 1.73. The molecule has 1 aliphatic heterocycles. The highest BCUT2D eigenvalue weighted by atomic mass is 32.2. The molecular formula is C21H24N4O4S. The predicted molar refractivity (Wildman–Crippen MR) is 117 cm³/mol. The van der Waals surface area contributed by atoms with Crippen molar-refractivity contribution in [3.8, 4) is 0 Å². The minimum absolute atomic E-state index is 0.0649. The fourth-order valence-corrected chi connectivity index (χ4v) is 5.42. The van der Waals surface area contributed by atoms with Gasteiger partial charge >= 0.3 is 5.69 Å². The van der Waals surface area contributed by atoms with Gasteiger partial charge in [-0.1, -0.05) is 18.2 Å². The van der Waals surface area contributed by atoms with Gasteiger partial charge in [-0.2, -0.15) is 4.31 Å². The Labute approximate surface area is 174 Å². The van der Waals surface area contributed by atoms with E-state index >= 15 is 0 Å². The number of nitrogens with zero attached hydrogens (tertiary/aromatic N) is 4. The molecule has 0 unspecified atom stereocenters. The standard InChI is InChI=1S/C21H24N4O4S/c1-15-6-4-5-7-18(15)24-10-12-25(13-11-24)30(28,29)16-8-9-19-17(14-16)20(26)23(3)21(27)22(19)2/h4-9,14H,10-13H2,1-3H3. The van der Waals surface area contributed by atoms with Gasteiger partial charge in [-0.3, -0.25) is 13.9 Å². The number of para-hydroxylation sites is 1. The van der Waals surface area contributed by atoms with E-state index in [2.05, 4.69) is 4.90 Å². The SMILES string of the molecule is Cc1ccccc1N1CCN(S(=O)(=O)c2ccc3c(c2)c(=O)n(C)c(=O)n3C)CC1. The molecule has 8 nitrogen and oxygen atoms in total. The smallest absolute Gasteiger partial charge is 0.330 e. The fraction of sp³-hybridized carbons (Fsp3) is 0.333. The third-order valence-corrected chi connectivity index (χ3v) is 7.67. The third-order valence-electron chi connectivity index (χ3n) is 5.77. The van der Waals surface area contributed by atoms with Gasteiger partial charge in [0.1, 0.15) is 0 Å². The number of piperazine rings is 1. The molecule has 0 atom stereocenters. The number of benzene rings is 2. The van der Waals surface area contributed by atoms with Crippen molar-refractivity contribution in [1.29, 1.82) is 0 Å². The van der Waals surface area contributed by atoms with Crippen LogP contribution in [0.2, 0.25) is 0 Å². The Bertz CT molecular complexity index is 1350. The number of hydrogen-bond donors (Lipinski definition) is 0. The number of fused-ring (bicyclic) bond motifs is 1. The third kappa shape index (κ3) is 3.23. The zero-order valence-corrected chi connectivity index (χ0v) is 18.0. The Hall–Kier alpha value is -2.91. The molecule has 1 fully saturated rings. The molecule has 1 aliphatic rings. The van der Waals surface area contributed by atoms with Crippen molar-refractivity contribution in [2.45, 2.75) is 11.8 Å². The van der Waals surface area contributed by atoms with Crippen LogP contribution in [0.3, 0.4) is 0 Å². The topological polar surface area (TPSA) is 84.6 Å². The number of hydrogen-bond acceptors (Lipinski definition) is 5. The average molecular weight is 429 g/mol. The first-order valence-electron chi connectivity index (χ1n) is 9.72. The lowest BCUT2D eigenvalue weighted by atomic mass is 10.1. The van der Waals surface area contributed by atoms with E-state index in [0.29, 0.717) is 31.7 Å². The average Bonchev–Trinajstić information content (AvgIpc) is 2.76. The molecule has 2 heterocycles. The molecule has 0 saturated carbocycles. The van der Waals surface area contributed by atoms with Crippen LogP contribution in [0.4, 0.5) is 5.69 Å². The summed E-state index contributed by atoms with van der Waals surface area (Å²) < 4.78 is 30.2. The highest BCUT2D eigenvalue weighted by molar-refractivity contribution is 7.89. The lowest BCUT2D eigenvalue weighted by Crippen LogP contribution is -2.48. The number of aryl methyl sites for hydroxylation is 2. The van der Waals surface area contributed by atoms with Crippen molar-refractivity contribution in [2.75, 3.05) is 31.1 Å². The number of aromatic nitrogens is 2. The molecule has 158 valence electrons. The molecule has 30 heavy (non-hydrogen) atoms. The van der Waals surface area contributed by atoms with Crippen LogP contribution in [-0.4, -0.2) is 48.0 Å². The van der Waals surface area contributed by atoms with Crippen LogP contribution in [0.25, 0.3) is 10.9 Å². The second kappa shape index (κ2) is 7.41. The Morgan fingerprint density at radius 2 is 1.53 bits per heavy atom. The lowest BCUT2D eigenvalue weighted by molar-refractivity contribution is 0.385. The summed E-state index contributed by atoms with van der Waals surface area (Å²) in [6, 6.07) is 12.4. The Kier molecular flexibility index (Phi) is 5.03. The van der Waals surface area contributed by atoms with Gasteiger partial charge in [0.15, 0.2) is 0 Å². The van der Waals surface area contributed by atoms with Gasteiger partial charge in [0.25, 0.3) is 5.56 Å².